The maximum absolute atomic E-state index is 13.4. The zero-order valence-electron chi connectivity index (χ0n) is 11.4. The first kappa shape index (κ1) is 14.5. The standard InChI is InChI=1S/C16H18FNO2/c17-14-7-5-6-13(12-14)16(8-1-2-9-16)15(19)20-11-4-3-10-18/h5-7,12H,1-4,8-9,11H2. The van der Waals surface area contributed by atoms with Crippen molar-refractivity contribution in [2.45, 2.75) is 43.9 Å². The highest BCUT2D eigenvalue weighted by Crippen LogP contribution is 2.42. The van der Waals surface area contributed by atoms with Crippen molar-refractivity contribution in [3.05, 3.63) is 35.6 Å². The zero-order chi connectivity index (χ0) is 14.4. The second kappa shape index (κ2) is 6.51. The average Bonchev–Trinajstić information content (AvgIpc) is 2.94. The summed E-state index contributed by atoms with van der Waals surface area (Å²) in [7, 11) is 0. The van der Waals surface area contributed by atoms with Crippen molar-refractivity contribution < 1.29 is 13.9 Å². The molecule has 0 amide bonds. The number of hydrogen-bond donors (Lipinski definition) is 0. The number of esters is 1. The van der Waals surface area contributed by atoms with Gasteiger partial charge >= 0.3 is 5.97 Å². The molecule has 3 nitrogen and oxygen atoms in total. The normalized spacial score (nSPS) is 16.6. The van der Waals surface area contributed by atoms with Crippen LogP contribution in [0.15, 0.2) is 24.3 Å². The van der Waals surface area contributed by atoms with Gasteiger partial charge in [-0.1, -0.05) is 25.0 Å². The van der Waals surface area contributed by atoms with Crippen LogP contribution in [0.3, 0.4) is 0 Å². The van der Waals surface area contributed by atoms with Gasteiger partial charge in [0.2, 0.25) is 0 Å². The molecule has 1 aliphatic rings. The minimum absolute atomic E-state index is 0.253. The number of unbranched alkanes of at least 4 members (excludes halogenated alkanes) is 1. The van der Waals surface area contributed by atoms with E-state index in [-0.39, 0.29) is 18.4 Å². The Morgan fingerprint density at radius 3 is 2.80 bits per heavy atom. The smallest absolute Gasteiger partial charge is 0.316 e. The molecule has 1 aliphatic carbocycles. The Bertz CT molecular complexity index is 515. The van der Waals surface area contributed by atoms with Gasteiger partial charge in [0.15, 0.2) is 0 Å². The van der Waals surface area contributed by atoms with Crippen LogP contribution in [0, 0.1) is 17.1 Å². The van der Waals surface area contributed by atoms with Gasteiger partial charge in [-0.3, -0.25) is 4.79 Å². The summed E-state index contributed by atoms with van der Waals surface area (Å²) in [6, 6.07) is 8.26. The molecule has 0 atom stereocenters. The third kappa shape index (κ3) is 2.98. The van der Waals surface area contributed by atoms with Crippen molar-refractivity contribution in [1.82, 2.24) is 0 Å². The van der Waals surface area contributed by atoms with Gasteiger partial charge in [0, 0.05) is 6.42 Å². The van der Waals surface area contributed by atoms with Crippen LogP contribution in [-0.4, -0.2) is 12.6 Å². The highest BCUT2D eigenvalue weighted by atomic mass is 19.1. The molecule has 0 N–H and O–H groups in total. The first-order valence-electron chi connectivity index (χ1n) is 6.99. The molecule has 0 radical (unpaired) electrons. The Morgan fingerprint density at radius 1 is 1.40 bits per heavy atom. The van der Waals surface area contributed by atoms with Crippen molar-refractivity contribution in [1.29, 1.82) is 5.26 Å². The molecule has 106 valence electrons. The topological polar surface area (TPSA) is 50.1 Å². The summed E-state index contributed by atoms with van der Waals surface area (Å²) < 4.78 is 18.7. The molecule has 1 fully saturated rings. The molecule has 0 heterocycles. The van der Waals surface area contributed by atoms with E-state index in [2.05, 4.69) is 0 Å². The number of rotatable bonds is 5. The lowest BCUT2D eigenvalue weighted by atomic mass is 9.79. The second-order valence-electron chi connectivity index (χ2n) is 5.20. The zero-order valence-corrected chi connectivity index (χ0v) is 11.4. The fourth-order valence-electron chi connectivity index (χ4n) is 2.83. The number of ether oxygens (including phenoxy) is 1. The SMILES string of the molecule is N#CCCCOC(=O)C1(c2cccc(F)c2)CCCC1. The van der Waals surface area contributed by atoms with Gasteiger partial charge in [-0.05, 0) is 37.0 Å². The van der Waals surface area contributed by atoms with Gasteiger partial charge < -0.3 is 4.74 Å². The number of hydrogen-bond acceptors (Lipinski definition) is 3. The van der Waals surface area contributed by atoms with Crippen LogP contribution in [0.25, 0.3) is 0 Å². The quantitative estimate of drug-likeness (QED) is 0.610. The number of carbonyl (C=O) groups excluding carboxylic acids is 1. The molecule has 1 aromatic carbocycles. The summed E-state index contributed by atoms with van der Waals surface area (Å²) in [5.41, 5.74) is 0.00894. The lowest BCUT2D eigenvalue weighted by Crippen LogP contribution is -2.35. The lowest BCUT2D eigenvalue weighted by molar-refractivity contribution is -0.150. The fourth-order valence-corrected chi connectivity index (χ4v) is 2.83. The van der Waals surface area contributed by atoms with Crippen molar-refractivity contribution in [2.24, 2.45) is 0 Å². The molecular formula is C16H18FNO2. The summed E-state index contributed by atoms with van der Waals surface area (Å²) in [6.07, 6.45) is 4.22. The molecule has 1 aromatic rings. The number of carbonyl (C=O) groups is 1. The predicted molar refractivity (Wildman–Crippen MR) is 72.4 cm³/mol. The van der Waals surface area contributed by atoms with Crippen LogP contribution < -0.4 is 0 Å². The molecule has 0 aliphatic heterocycles. The Balaban J connectivity index is 2.13. The monoisotopic (exact) mass is 275 g/mol. The molecule has 20 heavy (non-hydrogen) atoms. The summed E-state index contributed by atoms with van der Waals surface area (Å²) in [5.74, 6) is -0.607. The summed E-state index contributed by atoms with van der Waals surface area (Å²) in [4.78, 5) is 12.4. The van der Waals surface area contributed by atoms with Crippen molar-refractivity contribution >= 4 is 5.97 Å². The van der Waals surface area contributed by atoms with E-state index < -0.39 is 5.41 Å². The van der Waals surface area contributed by atoms with Crippen molar-refractivity contribution in [3.63, 3.8) is 0 Å². The Labute approximate surface area is 118 Å². The van der Waals surface area contributed by atoms with Gasteiger partial charge in [-0.25, -0.2) is 4.39 Å². The van der Waals surface area contributed by atoms with E-state index in [1.54, 1.807) is 12.1 Å². The van der Waals surface area contributed by atoms with Gasteiger partial charge in [0.05, 0.1) is 18.1 Å². The minimum Gasteiger partial charge on any atom is -0.465 e. The van der Waals surface area contributed by atoms with Gasteiger partial charge in [-0.2, -0.15) is 5.26 Å². The Morgan fingerprint density at radius 2 is 2.15 bits per heavy atom. The first-order chi connectivity index (χ1) is 9.69. The van der Waals surface area contributed by atoms with Crippen molar-refractivity contribution in [3.8, 4) is 6.07 Å². The number of nitriles is 1. The third-order valence-corrected chi connectivity index (χ3v) is 3.89. The third-order valence-electron chi connectivity index (χ3n) is 3.89. The van der Waals surface area contributed by atoms with Crippen LogP contribution in [-0.2, 0) is 14.9 Å². The fraction of sp³-hybridized carbons (Fsp3) is 0.500. The molecule has 0 unspecified atom stereocenters. The Kier molecular flexibility index (Phi) is 4.73. The van der Waals surface area contributed by atoms with Crippen LogP contribution in [0.1, 0.15) is 44.1 Å². The van der Waals surface area contributed by atoms with E-state index in [1.165, 1.54) is 12.1 Å². The molecule has 1 saturated carbocycles. The van der Waals surface area contributed by atoms with E-state index in [0.717, 1.165) is 12.8 Å². The first-order valence-corrected chi connectivity index (χ1v) is 6.99. The summed E-state index contributed by atoms with van der Waals surface area (Å²) in [6.45, 7) is 0.253. The van der Waals surface area contributed by atoms with Gasteiger partial charge in [-0.15, -0.1) is 0 Å². The number of nitrogens with zero attached hydrogens (tertiary/aromatic N) is 1. The predicted octanol–water partition coefficient (Wildman–Crippen LogP) is 3.48. The molecule has 0 saturated heterocycles. The molecule has 0 spiro atoms. The second-order valence-corrected chi connectivity index (χ2v) is 5.20. The highest BCUT2D eigenvalue weighted by Gasteiger charge is 2.44. The van der Waals surface area contributed by atoms with E-state index >= 15 is 0 Å². The van der Waals surface area contributed by atoms with E-state index in [1.807, 2.05) is 6.07 Å². The van der Waals surface area contributed by atoms with Crippen LogP contribution in [0.4, 0.5) is 4.39 Å². The van der Waals surface area contributed by atoms with Crippen LogP contribution >= 0.6 is 0 Å². The van der Waals surface area contributed by atoms with Crippen molar-refractivity contribution in [2.75, 3.05) is 6.61 Å². The lowest BCUT2D eigenvalue weighted by Gasteiger charge is -2.27. The minimum atomic E-state index is -0.700. The highest BCUT2D eigenvalue weighted by molar-refractivity contribution is 5.83. The van der Waals surface area contributed by atoms with Crippen LogP contribution in [0.2, 0.25) is 0 Å². The summed E-state index contributed by atoms with van der Waals surface area (Å²) in [5, 5.41) is 8.47. The molecule has 2 rings (SSSR count). The largest absolute Gasteiger partial charge is 0.465 e. The number of benzene rings is 1. The average molecular weight is 275 g/mol. The molecular weight excluding hydrogens is 257 g/mol. The maximum atomic E-state index is 13.4. The van der Waals surface area contributed by atoms with Gasteiger partial charge in [0.25, 0.3) is 0 Å². The molecule has 0 aromatic heterocycles. The van der Waals surface area contributed by atoms with Gasteiger partial charge in [0.1, 0.15) is 5.82 Å². The summed E-state index contributed by atoms with van der Waals surface area (Å²) >= 11 is 0. The van der Waals surface area contributed by atoms with E-state index in [0.29, 0.717) is 31.2 Å². The molecule has 0 bridgehead atoms. The molecule has 4 heteroatoms. The van der Waals surface area contributed by atoms with E-state index in [4.69, 9.17) is 10.00 Å². The number of halogens is 1. The maximum Gasteiger partial charge on any atom is 0.316 e. The Hall–Kier alpha value is -1.89. The van der Waals surface area contributed by atoms with E-state index in [9.17, 15) is 9.18 Å². The van der Waals surface area contributed by atoms with Crippen LogP contribution in [0.5, 0.6) is 0 Å².